The van der Waals surface area contributed by atoms with E-state index >= 15 is 0 Å². The van der Waals surface area contributed by atoms with Crippen LogP contribution in [0.1, 0.15) is 30.9 Å². The van der Waals surface area contributed by atoms with Gasteiger partial charge in [-0.15, -0.1) is 0 Å². The van der Waals surface area contributed by atoms with Gasteiger partial charge in [-0.05, 0) is 43.1 Å². The van der Waals surface area contributed by atoms with Crippen LogP contribution in [0.15, 0.2) is 36.4 Å². The van der Waals surface area contributed by atoms with Crippen molar-refractivity contribution in [1.82, 2.24) is 4.90 Å². The minimum absolute atomic E-state index is 0.0925. The molecule has 0 bridgehead atoms. The SMILES string of the molecule is COc1ccc([N+](=O)[O-])cc1NC(=O)CN1CCCC1c1ccc2c(c1)OCCCO2. The third-order valence-electron chi connectivity index (χ3n) is 5.53. The van der Waals surface area contributed by atoms with Gasteiger partial charge in [0.25, 0.3) is 5.69 Å². The van der Waals surface area contributed by atoms with Gasteiger partial charge in [0.15, 0.2) is 11.5 Å². The van der Waals surface area contributed by atoms with Crippen LogP contribution in [0, 0.1) is 10.1 Å². The van der Waals surface area contributed by atoms with E-state index in [9.17, 15) is 14.9 Å². The number of nitrogens with one attached hydrogen (secondary N) is 1. The summed E-state index contributed by atoms with van der Waals surface area (Å²) in [6, 6.07) is 10.2. The van der Waals surface area contributed by atoms with Crippen molar-refractivity contribution >= 4 is 17.3 Å². The molecule has 2 aromatic rings. The van der Waals surface area contributed by atoms with E-state index in [1.807, 2.05) is 18.2 Å². The molecule has 164 valence electrons. The zero-order valence-corrected chi connectivity index (χ0v) is 17.3. The number of carbonyl (C=O) groups excluding carboxylic acids is 1. The van der Waals surface area contributed by atoms with Crippen LogP contribution in [0.5, 0.6) is 17.2 Å². The molecule has 2 aliphatic rings. The summed E-state index contributed by atoms with van der Waals surface area (Å²) in [7, 11) is 1.46. The summed E-state index contributed by atoms with van der Waals surface area (Å²) in [5.74, 6) is 1.62. The largest absolute Gasteiger partial charge is 0.495 e. The van der Waals surface area contributed by atoms with Crippen LogP contribution < -0.4 is 19.5 Å². The number of likely N-dealkylation sites (tertiary alicyclic amines) is 1. The molecule has 9 nitrogen and oxygen atoms in total. The van der Waals surface area contributed by atoms with Gasteiger partial charge in [-0.3, -0.25) is 19.8 Å². The van der Waals surface area contributed by atoms with Crippen LogP contribution in [-0.2, 0) is 4.79 Å². The number of non-ortho nitro benzene ring substituents is 1. The number of rotatable bonds is 6. The smallest absolute Gasteiger partial charge is 0.271 e. The van der Waals surface area contributed by atoms with Gasteiger partial charge < -0.3 is 19.5 Å². The number of nitro benzene ring substituents is 1. The molecule has 2 aromatic carbocycles. The number of ether oxygens (including phenoxy) is 3. The predicted molar refractivity (Wildman–Crippen MR) is 114 cm³/mol. The predicted octanol–water partition coefficient (Wildman–Crippen LogP) is 3.54. The number of fused-ring (bicyclic) bond motifs is 1. The molecule has 1 N–H and O–H groups in total. The van der Waals surface area contributed by atoms with E-state index in [2.05, 4.69) is 10.2 Å². The standard InChI is InChI=1S/C22H25N3O6/c1-29-19-8-6-16(25(27)28)13-17(19)23-22(26)14-24-9-2-4-18(24)15-5-7-20-21(12-15)31-11-3-10-30-20/h5-8,12-13,18H,2-4,9-11,14H2,1H3,(H,23,26). The van der Waals surface area contributed by atoms with E-state index in [-0.39, 0.29) is 29.9 Å². The summed E-state index contributed by atoms with van der Waals surface area (Å²) in [5, 5.41) is 13.8. The van der Waals surface area contributed by atoms with Crippen LogP contribution in [-0.4, -0.2) is 49.1 Å². The molecule has 1 saturated heterocycles. The maximum absolute atomic E-state index is 12.7. The second kappa shape index (κ2) is 9.22. The average molecular weight is 427 g/mol. The van der Waals surface area contributed by atoms with Crippen molar-refractivity contribution in [3.05, 3.63) is 52.1 Å². The molecule has 0 spiro atoms. The third-order valence-corrected chi connectivity index (χ3v) is 5.53. The normalized spacial score (nSPS) is 18.3. The topological polar surface area (TPSA) is 103 Å². The molecular formula is C22H25N3O6. The molecular weight excluding hydrogens is 402 g/mol. The van der Waals surface area contributed by atoms with Gasteiger partial charge in [0.2, 0.25) is 5.91 Å². The van der Waals surface area contributed by atoms with Gasteiger partial charge in [0, 0.05) is 24.6 Å². The first-order valence-electron chi connectivity index (χ1n) is 10.3. The Morgan fingerprint density at radius 3 is 2.77 bits per heavy atom. The van der Waals surface area contributed by atoms with Crippen molar-refractivity contribution in [2.45, 2.75) is 25.3 Å². The Morgan fingerprint density at radius 2 is 2.00 bits per heavy atom. The fraction of sp³-hybridized carbons (Fsp3) is 0.409. The van der Waals surface area contributed by atoms with Crippen LogP contribution in [0.25, 0.3) is 0 Å². The van der Waals surface area contributed by atoms with Crippen LogP contribution in [0.2, 0.25) is 0 Å². The molecule has 1 amide bonds. The summed E-state index contributed by atoms with van der Waals surface area (Å²) < 4.78 is 16.7. The third kappa shape index (κ3) is 4.72. The van der Waals surface area contributed by atoms with Crippen LogP contribution in [0.4, 0.5) is 11.4 Å². The highest BCUT2D eigenvalue weighted by Crippen LogP contribution is 2.38. The maximum Gasteiger partial charge on any atom is 0.271 e. The van der Waals surface area contributed by atoms with Crippen molar-refractivity contribution < 1.29 is 23.9 Å². The number of anilines is 1. The molecule has 2 aliphatic heterocycles. The summed E-state index contributed by atoms with van der Waals surface area (Å²) in [6.45, 7) is 2.23. The van der Waals surface area contributed by atoms with Gasteiger partial charge in [0.05, 0.1) is 37.5 Å². The van der Waals surface area contributed by atoms with Gasteiger partial charge in [-0.2, -0.15) is 0 Å². The second-order valence-electron chi connectivity index (χ2n) is 7.58. The molecule has 9 heteroatoms. The number of nitrogens with zero attached hydrogens (tertiary/aromatic N) is 2. The lowest BCUT2D eigenvalue weighted by atomic mass is 10.0. The quantitative estimate of drug-likeness (QED) is 0.555. The number of hydrogen-bond donors (Lipinski definition) is 1. The Labute approximate surface area is 180 Å². The number of benzene rings is 2. The second-order valence-corrected chi connectivity index (χ2v) is 7.58. The highest BCUT2D eigenvalue weighted by atomic mass is 16.6. The van der Waals surface area contributed by atoms with Gasteiger partial charge in [-0.25, -0.2) is 0 Å². The van der Waals surface area contributed by atoms with Crippen molar-refractivity contribution in [3.63, 3.8) is 0 Å². The molecule has 0 aromatic heterocycles. The molecule has 4 rings (SSSR count). The highest BCUT2D eigenvalue weighted by Gasteiger charge is 2.29. The Bertz CT molecular complexity index is 980. The molecule has 0 aliphatic carbocycles. The first kappa shape index (κ1) is 20.9. The minimum Gasteiger partial charge on any atom is -0.495 e. The number of nitro groups is 1. The minimum atomic E-state index is -0.504. The Hall–Kier alpha value is -3.33. The first-order chi connectivity index (χ1) is 15.0. The Kier molecular flexibility index (Phi) is 6.22. The van der Waals surface area contributed by atoms with Crippen LogP contribution >= 0.6 is 0 Å². The lowest BCUT2D eigenvalue weighted by Crippen LogP contribution is -2.33. The van der Waals surface area contributed by atoms with Crippen molar-refractivity contribution in [1.29, 1.82) is 0 Å². The number of amides is 1. The number of carbonyl (C=O) groups is 1. The van der Waals surface area contributed by atoms with E-state index in [0.717, 1.165) is 42.9 Å². The molecule has 1 atom stereocenters. The highest BCUT2D eigenvalue weighted by molar-refractivity contribution is 5.94. The van der Waals surface area contributed by atoms with Crippen molar-refractivity contribution in [3.8, 4) is 17.2 Å². The molecule has 0 radical (unpaired) electrons. The fourth-order valence-corrected chi connectivity index (χ4v) is 4.06. The van der Waals surface area contributed by atoms with E-state index < -0.39 is 4.92 Å². The van der Waals surface area contributed by atoms with Crippen molar-refractivity contribution in [2.75, 3.05) is 38.7 Å². The first-order valence-corrected chi connectivity index (χ1v) is 10.3. The van der Waals surface area contributed by atoms with Gasteiger partial charge >= 0.3 is 0 Å². The summed E-state index contributed by atoms with van der Waals surface area (Å²) in [4.78, 5) is 25.4. The maximum atomic E-state index is 12.7. The lowest BCUT2D eigenvalue weighted by molar-refractivity contribution is -0.384. The number of hydrogen-bond acceptors (Lipinski definition) is 7. The van der Waals surface area contributed by atoms with E-state index in [4.69, 9.17) is 14.2 Å². The monoisotopic (exact) mass is 427 g/mol. The molecule has 31 heavy (non-hydrogen) atoms. The summed E-state index contributed by atoms with van der Waals surface area (Å²) >= 11 is 0. The van der Waals surface area contributed by atoms with Gasteiger partial charge in [-0.1, -0.05) is 6.07 Å². The molecule has 0 saturated carbocycles. The molecule has 1 fully saturated rings. The van der Waals surface area contributed by atoms with Crippen molar-refractivity contribution in [2.24, 2.45) is 0 Å². The van der Waals surface area contributed by atoms with Crippen LogP contribution in [0.3, 0.4) is 0 Å². The molecule has 1 unspecified atom stereocenters. The Balaban J connectivity index is 1.47. The Morgan fingerprint density at radius 1 is 1.19 bits per heavy atom. The zero-order chi connectivity index (χ0) is 21.8. The zero-order valence-electron chi connectivity index (χ0n) is 17.3. The summed E-state index contributed by atoms with van der Waals surface area (Å²) in [6.07, 6.45) is 2.76. The number of methoxy groups -OCH3 is 1. The lowest BCUT2D eigenvalue weighted by Gasteiger charge is -2.25. The van der Waals surface area contributed by atoms with Gasteiger partial charge in [0.1, 0.15) is 5.75 Å². The molecule has 2 heterocycles. The average Bonchev–Trinajstić information content (AvgIpc) is 3.08. The summed E-state index contributed by atoms with van der Waals surface area (Å²) in [5.41, 5.74) is 1.26. The van der Waals surface area contributed by atoms with E-state index in [0.29, 0.717) is 19.0 Å². The fourth-order valence-electron chi connectivity index (χ4n) is 4.06. The van der Waals surface area contributed by atoms with E-state index in [1.54, 1.807) is 0 Å². The van der Waals surface area contributed by atoms with E-state index in [1.165, 1.54) is 25.3 Å².